The molecule has 0 unspecified atom stereocenters. The van der Waals surface area contributed by atoms with E-state index in [2.05, 4.69) is 26.2 Å². The van der Waals surface area contributed by atoms with Crippen molar-refractivity contribution in [1.82, 2.24) is 4.98 Å². The molecule has 0 saturated heterocycles. The Kier molecular flexibility index (Phi) is 3.93. The van der Waals surface area contributed by atoms with Crippen LogP contribution in [0.25, 0.3) is 0 Å². The van der Waals surface area contributed by atoms with Crippen molar-refractivity contribution < 1.29 is 4.92 Å². The molecule has 94 valence electrons. The highest BCUT2D eigenvalue weighted by Crippen LogP contribution is 2.28. The second kappa shape index (κ2) is 5.45. The topological polar surface area (TPSA) is 68.1 Å². The number of nitrogens with zero attached hydrogens (tertiary/aromatic N) is 2. The molecule has 1 aromatic carbocycles. The van der Waals surface area contributed by atoms with Crippen LogP contribution in [0.5, 0.6) is 0 Å². The number of nitro benzene ring substituents is 1. The zero-order valence-corrected chi connectivity index (χ0v) is 11.9. The molecule has 5 nitrogen and oxygen atoms in total. The Hall–Kier alpha value is -1.47. The van der Waals surface area contributed by atoms with Crippen LogP contribution >= 0.6 is 27.3 Å². The monoisotopic (exact) mass is 327 g/mol. The lowest BCUT2D eigenvalue weighted by Gasteiger charge is -2.05. The van der Waals surface area contributed by atoms with Crippen LogP contribution in [0.2, 0.25) is 0 Å². The normalized spacial score (nSPS) is 10.3. The van der Waals surface area contributed by atoms with Gasteiger partial charge in [0.1, 0.15) is 10.7 Å². The highest BCUT2D eigenvalue weighted by molar-refractivity contribution is 9.10. The van der Waals surface area contributed by atoms with Gasteiger partial charge in [-0.2, -0.15) is 0 Å². The number of hydrogen-bond acceptors (Lipinski definition) is 5. The van der Waals surface area contributed by atoms with Gasteiger partial charge in [0.2, 0.25) is 0 Å². The summed E-state index contributed by atoms with van der Waals surface area (Å²) in [5.74, 6) is 0. The molecule has 0 aliphatic rings. The third kappa shape index (κ3) is 3.05. The molecular formula is C11H10BrN3O2S. The molecule has 0 aliphatic carbocycles. The molecule has 0 saturated carbocycles. The molecule has 1 heterocycles. The van der Waals surface area contributed by atoms with Gasteiger partial charge in [0.25, 0.3) is 5.69 Å². The zero-order chi connectivity index (χ0) is 13.1. The number of nitro groups is 1. The van der Waals surface area contributed by atoms with E-state index >= 15 is 0 Å². The summed E-state index contributed by atoms with van der Waals surface area (Å²) in [4.78, 5) is 15.8. The van der Waals surface area contributed by atoms with E-state index in [4.69, 9.17) is 0 Å². The minimum atomic E-state index is -0.401. The maximum atomic E-state index is 10.9. The van der Waals surface area contributed by atoms with E-state index in [1.165, 1.54) is 6.07 Å². The lowest BCUT2D eigenvalue weighted by Crippen LogP contribution is -2.02. The van der Waals surface area contributed by atoms with Gasteiger partial charge in [-0.1, -0.05) is 15.9 Å². The van der Waals surface area contributed by atoms with E-state index in [0.717, 1.165) is 14.4 Å². The van der Waals surface area contributed by atoms with Crippen molar-refractivity contribution in [3.8, 4) is 0 Å². The van der Waals surface area contributed by atoms with Crippen molar-refractivity contribution in [2.45, 2.75) is 13.5 Å². The van der Waals surface area contributed by atoms with Crippen LogP contribution < -0.4 is 5.32 Å². The summed E-state index contributed by atoms with van der Waals surface area (Å²) in [7, 11) is 0. The fourth-order valence-corrected chi connectivity index (χ4v) is 2.55. The first-order chi connectivity index (χ1) is 8.56. The average molecular weight is 328 g/mol. The van der Waals surface area contributed by atoms with Crippen LogP contribution in [0.3, 0.4) is 0 Å². The fraction of sp³-hybridized carbons (Fsp3) is 0.182. The van der Waals surface area contributed by atoms with Crippen LogP contribution in [0.4, 0.5) is 11.4 Å². The van der Waals surface area contributed by atoms with Gasteiger partial charge in [0.05, 0.1) is 11.5 Å². The number of nitrogens with one attached hydrogen (secondary N) is 1. The van der Waals surface area contributed by atoms with E-state index in [-0.39, 0.29) is 5.69 Å². The molecule has 2 rings (SSSR count). The van der Waals surface area contributed by atoms with Gasteiger partial charge in [-0.05, 0) is 19.1 Å². The summed E-state index contributed by atoms with van der Waals surface area (Å²) >= 11 is 4.87. The van der Waals surface area contributed by atoms with Gasteiger partial charge < -0.3 is 5.32 Å². The Morgan fingerprint density at radius 2 is 2.33 bits per heavy atom. The number of thiazole rings is 1. The van der Waals surface area contributed by atoms with E-state index < -0.39 is 4.92 Å². The molecule has 7 heteroatoms. The minimum absolute atomic E-state index is 0.0616. The molecule has 1 aromatic heterocycles. The number of aromatic nitrogens is 1. The molecule has 0 spiro atoms. The predicted molar refractivity (Wildman–Crippen MR) is 75.0 cm³/mol. The highest BCUT2D eigenvalue weighted by Gasteiger charge is 2.13. The van der Waals surface area contributed by atoms with Crippen LogP contribution in [0, 0.1) is 17.0 Å². The van der Waals surface area contributed by atoms with E-state index in [0.29, 0.717) is 12.2 Å². The Labute approximate surface area is 116 Å². The largest absolute Gasteiger partial charge is 0.373 e. The summed E-state index contributed by atoms with van der Waals surface area (Å²) < 4.78 is 0.797. The molecule has 0 atom stereocenters. The molecule has 0 radical (unpaired) electrons. The SMILES string of the molecule is Cc1cnc(CNc2cc(Br)ccc2[N+](=O)[O-])s1. The lowest BCUT2D eigenvalue weighted by molar-refractivity contribution is -0.384. The molecule has 18 heavy (non-hydrogen) atoms. The summed E-state index contributed by atoms with van der Waals surface area (Å²) in [6.45, 7) is 2.46. The Morgan fingerprint density at radius 1 is 1.56 bits per heavy atom. The molecular weight excluding hydrogens is 318 g/mol. The zero-order valence-electron chi connectivity index (χ0n) is 9.51. The van der Waals surface area contributed by atoms with Crippen LogP contribution in [-0.4, -0.2) is 9.91 Å². The molecule has 0 aliphatic heterocycles. The minimum Gasteiger partial charge on any atom is -0.373 e. The summed E-state index contributed by atoms with van der Waals surface area (Å²) in [6.07, 6.45) is 1.79. The maximum Gasteiger partial charge on any atom is 0.292 e. The fourth-order valence-electron chi connectivity index (χ4n) is 1.46. The van der Waals surface area contributed by atoms with E-state index in [1.54, 1.807) is 29.7 Å². The second-order valence-electron chi connectivity index (χ2n) is 3.64. The number of benzene rings is 1. The van der Waals surface area contributed by atoms with Gasteiger partial charge >= 0.3 is 0 Å². The van der Waals surface area contributed by atoms with Gasteiger partial charge in [0.15, 0.2) is 0 Å². The molecule has 1 N–H and O–H groups in total. The van der Waals surface area contributed by atoms with Gasteiger partial charge in [-0.15, -0.1) is 11.3 Å². The molecule has 0 amide bonds. The number of aryl methyl sites for hydroxylation is 1. The quantitative estimate of drug-likeness (QED) is 0.686. The van der Waals surface area contributed by atoms with Crippen LogP contribution in [0.15, 0.2) is 28.9 Å². The average Bonchev–Trinajstić information content (AvgIpc) is 2.72. The molecule has 0 bridgehead atoms. The first kappa shape index (κ1) is 13.0. The Bertz CT molecular complexity index is 585. The van der Waals surface area contributed by atoms with Crippen molar-refractivity contribution >= 4 is 38.6 Å². The number of hydrogen-bond donors (Lipinski definition) is 1. The summed E-state index contributed by atoms with van der Waals surface area (Å²) in [5, 5.41) is 14.8. The smallest absolute Gasteiger partial charge is 0.292 e. The lowest BCUT2D eigenvalue weighted by atomic mass is 10.2. The third-order valence-electron chi connectivity index (χ3n) is 2.25. The van der Waals surface area contributed by atoms with Crippen LogP contribution in [-0.2, 0) is 6.54 Å². The first-order valence-electron chi connectivity index (χ1n) is 5.15. The number of rotatable bonds is 4. The highest BCUT2D eigenvalue weighted by atomic mass is 79.9. The van der Waals surface area contributed by atoms with Crippen molar-refractivity contribution in [2.24, 2.45) is 0 Å². The maximum absolute atomic E-state index is 10.9. The predicted octanol–water partition coefficient (Wildman–Crippen LogP) is 3.73. The van der Waals surface area contributed by atoms with Crippen molar-refractivity contribution in [2.75, 3.05) is 5.32 Å². The van der Waals surface area contributed by atoms with Crippen molar-refractivity contribution in [3.63, 3.8) is 0 Å². The Balaban J connectivity index is 2.17. The number of anilines is 1. The van der Waals surface area contributed by atoms with Crippen molar-refractivity contribution in [1.29, 1.82) is 0 Å². The Morgan fingerprint density at radius 3 is 2.94 bits per heavy atom. The molecule has 0 fully saturated rings. The standard InChI is InChI=1S/C11H10BrN3O2S/c1-7-5-14-11(18-7)6-13-9-4-8(12)2-3-10(9)15(16)17/h2-5,13H,6H2,1H3. The summed E-state index contributed by atoms with van der Waals surface area (Å²) in [6, 6.07) is 4.81. The van der Waals surface area contributed by atoms with Gasteiger partial charge in [-0.3, -0.25) is 10.1 Å². The third-order valence-corrected chi connectivity index (χ3v) is 3.66. The second-order valence-corrected chi connectivity index (χ2v) is 5.87. The number of halogens is 1. The van der Waals surface area contributed by atoms with E-state index in [1.807, 2.05) is 6.92 Å². The van der Waals surface area contributed by atoms with Crippen LogP contribution in [0.1, 0.15) is 9.88 Å². The summed E-state index contributed by atoms with van der Waals surface area (Å²) in [5.41, 5.74) is 0.550. The van der Waals surface area contributed by atoms with Crippen molar-refractivity contribution in [3.05, 3.63) is 48.9 Å². The van der Waals surface area contributed by atoms with Gasteiger partial charge in [0, 0.05) is 21.6 Å². The van der Waals surface area contributed by atoms with E-state index in [9.17, 15) is 10.1 Å². The molecule has 2 aromatic rings. The van der Waals surface area contributed by atoms with Gasteiger partial charge in [-0.25, -0.2) is 4.98 Å². The first-order valence-corrected chi connectivity index (χ1v) is 6.76.